The van der Waals surface area contributed by atoms with Crippen LogP contribution in [0.15, 0.2) is 18.2 Å². The molecule has 1 atom stereocenters. The van der Waals surface area contributed by atoms with Crippen LogP contribution < -0.4 is 10.1 Å². The number of nitrogens with one attached hydrogen (secondary N) is 1. The molecule has 0 aromatic carbocycles. The van der Waals surface area contributed by atoms with Crippen LogP contribution in [0.2, 0.25) is 0 Å². The summed E-state index contributed by atoms with van der Waals surface area (Å²) in [5.41, 5.74) is 0.919. The second-order valence-electron chi connectivity index (χ2n) is 3.68. The molecule has 96 valence electrons. The van der Waals surface area contributed by atoms with E-state index in [-0.39, 0.29) is 12.3 Å². The number of pyridine rings is 1. The van der Waals surface area contributed by atoms with Gasteiger partial charge in [0.2, 0.25) is 5.88 Å². The SMILES string of the molecule is COc1cccc(CNC(C)C(OC)OC)n1. The Bertz CT molecular complexity index is 329. The minimum Gasteiger partial charge on any atom is -0.481 e. The highest BCUT2D eigenvalue weighted by molar-refractivity contribution is 5.15. The lowest BCUT2D eigenvalue weighted by atomic mass is 10.3. The van der Waals surface area contributed by atoms with Gasteiger partial charge in [-0.2, -0.15) is 0 Å². The fourth-order valence-corrected chi connectivity index (χ4v) is 1.54. The Morgan fingerprint density at radius 1 is 1.24 bits per heavy atom. The molecule has 0 bridgehead atoms. The van der Waals surface area contributed by atoms with Crippen molar-refractivity contribution in [3.8, 4) is 5.88 Å². The van der Waals surface area contributed by atoms with E-state index in [9.17, 15) is 0 Å². The monoisotopic (exact) mass is 240 g/mol. The van der Waals surface area contributed by atoms with E-state index in [1.807, 2.05) is 25.1 Å². The zero-order valence-corrected chi connectivity index (χ0v) is 10.8. The van der Waals surface area contributed by atoms with E-state index in [4.69, 9.17) is 14.2 Å². The third-order valence-corrected chi connectivity index (χ3v) is 2.47. The molecular formula is C12H20N2O3. The van der Waals surface area contributed by atoms with Crippen molar-refractivity contribution in [1.82, 2.24) is 10.3 Å². The summed E-state index contributed by atoms with van der Waals surface area (Å²) < 4.78 is 15.4. The first-order chi connectivity index (χ1) is 8.21. The molecular weight excluding hydrogens is 220 g/mol. The van der Waals surface area contributed by atoms with Gasteiger partial charge >= 0.3 is 0 Å². The van der Waals surface area contributed by atoms with Gasteiger partial charge in [0.15, 0.2) is 6.29 Å². The molecule has 0 spiro atoms. The largest absolute Gasteiger partial charge is 0.481 e. The molecule has 0 radical (unpaired) electrons. The summed E-state index contributed by atoms with van der Waals surface area (Å²) in [5, 5.41) is 3.28. The van der Waals surface area contributed by atoms with E-state index in [0.29, 0.717) is 12.4 Å². The van der Waals surface area contributed by atoms with Gasteiger partial charge in [-0.15, -0.1) is 0 Å². The van der Waals surface area contributed by atoms with Crippen molar-refractivity contribution >= 4 is 0 Å². The molecule has 0 amide bonds. The Morgan fingerprint density at radius 3 is 2.53 bits per heavy atom. The maximum absolute atomic E-state index is 5.16. The van der Waals surface area contributed by atoms with Crippen molar-refractivity contribution in [2.24, 2.45) is 0 Å². The minimum atomic E-state index is -0.263. The lowest BCUT2D eigenvalue weighted by molar-refractivity contribution is -0.119. The fraction of sp³-hybridized carbons (Fsp3) is 0.583. The van der Waals surface area contributed by atoms with Crippen LogP contribution in [0.25, 0.3) is 0 Å². The molecule has 1 aromatic rings. The van der Waals surface area contributed by atoms with Gasteiger partial charge in [0.1, 0.15) is 0 Å². The quantitative estimate of drug-likeness (QED) is 0.725. The fourth-order valence-electron chi connectivity index (χ4n) is 1.54. The topological polar surface area (TPSA) is 52.6 Å². The van der Waals surface area contributed by atoms with Gasteiger partial charge in [-0.05, 0) is 13.0 Å². The van der Waals surface area contributed by atoms with Crippen molar-refractivity contribution in [2.45, 2.75) is 25.8 Å². The summed E-state index contributed by atoms with van der Waals surface area (Å²) in [5.74, 6) is 0.618. The van der Waals surface area contributed by atoms with Crippen LogP contribution in [0.3, 0.4) is 0 Å². The third-order valence-electron chi connectivity index (χ3n) is 2.47. The van der Waals surface area contributed by atoms with Crippen LogP contribution >= 0.6 is 0 Å². The van der Waals surface area contributed by atoms with E-state index in [1.165, 1.54) is 0 Å². The number of nitrogens with zero attached hydrogens (tertiary/aromatic N) is 1. The van der Waals surface area contributed by atoms with Crippen LogP contribution in [-0.4, -0.2) is 38.6 Å². The summed E-state index contributed by atoms with van der Waals surface area (Å²) in [7, 11) is 4.85. The minimum absolute atomic E-state index is 0.0815. The lowest BCUT2D eigenvalue weighted by Crippen LogP contribution is -2.39. The van der Waals surface area contributed by atoms with Crippen molar-refractivity contribution in [1.29, 1.82) is 0 Å². The number of hydrogen-bond acceptors (Lipinski definition) is 5. The lowest BCUT2D eigenvalue weighted by Gasteiger charge is -2.22. The number of aromatic nitrogens is 1. The molecule has 0 fully saturated rings. The smallest absolute Gasteiger partial charge is 0.213 e. The van der Waals surface area contributed by atoms with Crippen molar-refractivity contribution < 1.29 is 14.2 Å². The van der Waals surface area contributed by atoms with Gasteiger partial charge in [-0.25, -0.2) is 4.98 Å². The Labute approximate surface area is 102 Å². The molecule has 17 heavy (non-hydrogen) atoms. The van der Waals surface area contributed by atoms with Crippen molar-refractivity contribution in [3.63, 3.8) is 0 Å². The zero-order valence-electron chi connectivity index (χ0n) is 10.8. The average Bonchev–Trinajstić information content (AvgIpc) is 2.38. The van der Waals surface area contributed by atoms with E-state index >= 15 is 0 Å². The Balaban J connectivity index is 2.49. The highest BCUT2D eigenvalue weighted by atomic mass is 16.7. The number of methoxy groups -OCH3 is 3. The molecule has 5 heteroatoms. The van der Waals surface area contributed by atoms with Gasteiger partial charge in [-0.3, -0.25) is 0 Å². The van der Waals surface area contributed by atoms with E-state index in [2.05, 4.69) is 10.3 Å². The molecule has 0 aliphatic heterocycles. The first-order valence-electron chi connectivity index (χ1n) is 5.50. The molecule has 0 aliphatic rings. The predicted molar refractivity (Wildman–Crippen MR) is 64.9 cm³/mol. The van der Waals surface area contributed by atoms with Gasteiger partial charge in [0.25, 0.3) is 0 Å². The Kier molecular flexibility index (Phi) is 5.90. The summed E-state index contributed by atoms with van der Waals surface area (Å²) in [6.07, 6.45) is -0.263. The summed E-state index contributed by atoms with van der Waals surface area (Å²) in [6.45, 7) is 2.64. The van der Waals surface area contributed by atoms with Gasteiger partial charge < -0.3 is 19.5 Å². The van der Waals surface area contributed by atoms with Gasteiger partial charge in [0, 0.05) is 26.8 Å². The molecule has 5 nitrogen and oxygen atoms in total. The molecule has 1 N–H and O–H groups in total. The van der Waals surface area contributed by atoms with Crippen LogP contribution in [0, 0.1) is 0 Å². The van der Waals surface area contributed by atoms with E-state index in [1.54, 1.807) is 21.3 Å². The number of rotatable bonds is 7. The molecule has 0 saturated carbocycles. The highest BCUT2D eigenvalue weighted by Crippen LogP contribution is 2.07. The maximum Gasteiger partial charge on any atom is 0.213 e. The highest BCUT2D eigenvalue weighted by Gasteiger charge is 2.14. The van der Waals surface area contributed by atoms with Crippen LogP contribution in [0.5, 0.6) is 5.88 Å². The normalized spacial score (nSPS) is 12.8. The molecule has 0 saturated heterocycles. The molecule has 1 unspecified atom stereocenters. The maximum atomic E-state index is 5.16. The molecule has 1 aromatic heterocycles. The number of ether oxygens (including phenoxy) is 3. The average molecular weight is 240 g/mol. The summed E-state index contributed by atoms with van der Waals surface area (Å²) in [6, 6.07) is 5.76. The van der Waals surface area contributed by atoms with E-state index in [0.717, 1.165) is 5.69 Å². The van der Waals surface area contributed by atoms with Crippen LogP contribution in [-0.2, 0) is 16.0 Å². The summed E-state index contributed by atoms with van der Waals surface area (Å²) in [4.78, 5) is 4.31. The van der Waals surface area contributed by atoms with E-state index < -0.39 is 0 Å². The van der Waals surface area contributed by atoms with Gasteiger partial charge in [-0.1, -0.05) is 6.07 Å². The molecule has 0 aliphatic carbocycles. The van der Waals surface area contributed by atoms with Gasteiger partial charge in [0.05, 0.1) is 18.8 Å². The molecule has 1 rings (SSSR count). The van der Waals surface area contributed by atoms with Crippen molar-refractivity contribution in [2.75, 3.05) is 21.3 Å². The second-order valence-corrected chi connectivity index (χ2v) is 3.68. The molecule has 1 heterocycles. The standard InChI is InChI=1S/C12H20N2O3/c1-9(12(16-3)17-4)13-8-10-6-5-7-11(14-10)15-2/h5-7,9,12-13H,8H2,1-4H3. The predicted octanol–water partition coefficient (Wildman–Crippen LogP) is 1.19. The van der Waals surface area contributed by atoms with Crippen molar-refractivity contribution in [3.05, 3.63) is 23.9 Å². The summed E-state index contributed by atoms with van der Waals surface area (Å²) >= 11 is 0. The first kappa shape index (κ1) is 13.9. The third kappa shape index (κ3) is 4.30. The van der Waals surface area contributed by atoms with Crippen LogP contribution in [0.4, 0.5) is 0 Å². The van der Waals surface area contributed by atoms with Crippen LogP contribution in [0.1, 0.15) is 12.6 Å². The Hall–Kier alpha value is -1.17. The first-order valence-corrected chi connectivity index (χ1v) is 5.50. The second kappa shape index (κ2) is 7.21. The zero-order chi connectivity index (χ0) is 12.7. The Morgan fingerprint density at radius 2 is 1.94 bits per heavy atom. The number of hydrogen-bond donors (Lipinski definition) is 1.